The predicted molar refractivity (Wildman–Crippen MR) is 49.9 cm³/mol. The molecule has 1 aromatic carbocycles. The van der Waals surface area contributed by atoms with Crippen LogP contribution in [0.2, 0.25) is 0 Å². The van der Waals surface area contributed by atoms with Gasteiger partial charge in [0.05, 0.1) is 0 Å². The summed E-state index contributed by atoms with van der Waals surface area (Å²) in [6, 6.07) is 7.73. The van der Waals surface area contributed by atoms with Crippen LogP contribution >= 0.6 is 15.9 Å². The van der Waals surface area contributed by atoms with Crippen molar-refractivity contribution in [1.29, 1.82) is 0 Å². The molecule has 0 saturated heterocycles. The number of para-hydroxylation sites is 2. The monoisotopic (exact) mass is 228 g/mol. The molecule has 0 aliphatic carbocycles. The summed E-state index contributed by atoms with van der Waals surface area (Å²) < 4.78 is 11.0. The average Bonchev–Trinajstić information content (AvgIpc) is 2.47. The molecule has 3 heteroatoms. The highest BCUT2D eigenvalue weighted by Gasteiger charge is 2.22. The number of hydrogen-bond donors (Lipinski definition) is 0. The van der Waals surface area contributed by atoms with Gasteiger partial charge in [-0.05, 0) is 12.1 Å². The number of halogens is 1. The minimum atomic E-state index is -0.109. The van der Waals surface area contributed by atoms with Crippen LogP contribution in [-0.4, -0.2) is 11.6 Å². The van der Waals surface area contributed by atoms with Crippen LogP contribution in [0.4, 0.5) is 0 Å². The largest absolute Gasteiger partial charge is 0.451 e. The van der Waals surface area contributed by atoms with E-state index in [0.29, 0.717) is 0 Å². The predicted octanol–water partition coefficient (Wildman–Crippen LogP) is 2.57. The third-order valence-corrected chi connectivity index (χ3v) is 2.17. The fourth-order valence-electron chi connectivity index (χ4n) is 1.16. The fourth-order valence-corrected chi connectivity index (χ4v) is 1.53. The topological polar surface area (TPSA) is 18.5 Å². The molecule has 64 valence electrons. The molecule has 0 atom stereocenters. The van der Waals surface area contributed by atoms with E-state index in [1.807, 2.05) is 24.3 Å². The van der Waals surface area contributed by atoms with Gasteiger partial charge in [0.15, 0.2) is 11.5 Å². The van der Waals surface area contributed by atoms with Gasteiger partial charge >= 0.3 is 0 Å². The highest BCUT2D eigenvalue weighted by Crippen LogP contribution is 2.34. The van der Waals surface area contributed by atoms with E-state index in [4.69, 9.17) is 9.47 Å². The van der Waals surface area contributed by atoms with Crippen molar-refractivity contribution in [3.63, 3.8) is 0 Å². The molecule has 1 aromatic rings. The molecular formula is C9H9BrO2. The normalized spacial score (nSPS) is 15.1. The second kappa shape index (κ2) is 3.35. The molecular weight excluding hydrogens is 220 g/mol. The second-order valence-electron chi connectivity index (χ2n) is 2.59. The number of ether oxygens (including phenoxy) is 2. The summed E-state index contributed by atoms with van der Waals surface area (Å²) in [5, 5.41) is 0.894. The molecule has 1 heterocycles. The Morgan fingerprint density at radius 3 is 2.25 bits per heavy atom. The lowest BCUT2D eigenvalue weighted by molar-refractivity contribution is 0.0478. The number of alkyl halides is 1. The number of hydrogen-bond acceptors (Lipinski definition) is 2. The van der Waals surface area contributed by atoms with Gasteiger partial charge in [-0.3, -0.25) is 0 Å². The lowest BCUT2D eigenvalue weighted by Gasteiger charge is -2.06. The Morgan fingerprint density at radius 2 is 1.75 bits per heavy atom. The highest BCUT2D eigenvalue weighted by atomic mass is 79.9. The van der Waals surface area contributed by atoms with Crippen molar-refractivity contribution >= 4 is 15.9 Å². The van der Waals surface area contributed by atoms with Gasteiger partial charge < -0.3 is 9.47 Å². The Balaban J connectivity index is 2.11. The van der Waals surface area contributed by atoms with Gasteiger partial charge in [-0.15, -0.1) is 0 Å². The van der Waals surface area contributed by atoms with Crippen molar-refractivity contribution in [3.8, 4) is 11.5 Å². The summed E-state index contributed by atoms with van der Waals surface area (Å²) in [5.74, 6) is 1.70. The quantitative estimate of drug-likeness (QED) is 0.725. The van der Waals surface area contributed by atoms with Crippen LogP contribution in [0.25, 0.3) is 0 Å². The van der Waals surface area contributed by atoms with Gasteiger partial charge in [-0.2, -0.15) is 0 Å². The molecule has 0 unspecified atom stereocenters. The minimum absolute atomic E-state index is 0.109. The van der Waals surface area contributed by atoms with Crippen LogP contribution in [0, 0.1) is 0 Å². The maximum Gasteiger partial charge on any atom is 0.242 e. The summed E-state index contributed by atoms with van der Waals surface area (Å²) in [7, 11) is 0. The van der Waals surface area contributed by atoms with Crippen LogP contribution < -0.4 is 9.47 Å². The van der Waals surface area contributed by atoms with E-state index < -0.39 is 0 Å². The summed E-state index contributed by atoms with van der Waals surface area (Å²) in [6.07, 6.45) is 0.760. The van der Waals surface area contributed by atoms with Crippen LogP contribution in [0.5, 0.6) is 11.5 Å². The van der Waals surface area contributed by atoms with Gasteiger partial charge in [0.2, 0.25) is 6.29 Å². The Morgan fingerprint density at radius 1 is 1.17 bits per heavy atom. The van der Waals surface area contributed by atoms with E-state index in [9.17, 15) is 0 Å². The Labute approximate surface area is 79.6 Å². The summed E-state index contributed by atoms with van der Waals surface area (Å²) in [5.41, 5.74) is 0. The minimum Gasteiger partial charge on any atom is -0.451 e. The van der Waals surface area contributed by atoms with E-state index >= 15 is 0 Å². The molecule has 0 saturated carbocycles. The third-order valence-electron chi connectivity index (χ3n) is 1.71. The zero-order chi connectivity index (χ0) is 8.39. The molecule has 2 rings (SSSR count). The molecule has 0 bridgehead atoms. The summed E-state index contributed by atoms with van der Waals surface area (Å²) in [6.45, 7) is 0. The number of benzene rings is 1. The first kappa shape index (κ1) is 7.92. The molecule has 12 heavy (non-hydrogen) atoms. The SMILES string of the molecule is BrCCC1Oc2ccccc2O1. The van der Waals surface area contributed by atoms with Crippen molar-refractivity contribution < 1.29 is 9.47 Å². The standard InChI is InChI=1S/C9H9BrO2/c10-6-5-9-11-7-3-1-2-4-8(7)12-9/h1-4,9H,5-6H2. The first-order valence-corrected chi connectivity index (χ1v) is 5.00. The average molecular weight is 229 g/mol. The van der Waals surface area contributed by atoms with Crippen molar-refractivity contribution in [2.24, 2.45) is 0 Å². The maximum absolute atomic E-state index is 5.50. The van der Waals surface area contributed by atoms with Gasteiger partial charge in [0.25, 0.3) is 0 Å². The van der Waals surface area contributed by atoms with Crippen LogP contribution in [-0.2, 0) is 0 Å². The first-order chi connectivity index (χ1) is 5.90. The zero-order valence-electron chi connectivity index (χ0n) is 6.50. The van der Waals surface area contributed by atoms with Crippen LogP contribution in [0.1, 0.15) is 6.42 Å². The smallest absolute Gasteiger partial charge is 0.242 e. The van der Waals surface area contributed by atoms with Gasteiger partial charge in [-0.25, -0.2) is 0 Å². The van der Waals surface area contributed by atoms with Crippen molar-refractivity contribution in [3.05, 3.63) is 24.3 Å². The molecule has 0 spiro atoms. The lowest BCUT2D eigenvalue weighted by atomic mass is 10.3. The molecule has 0 amide bonds. The molecule has 2 nitrogen and oxygen atoms in total. The van der Waals surface area contributed by atoms with Gasteiger partial charge in [0, 0.05) is 11.8 Å². The van der Waals surface area contributed by atoms with E-state index in [1.165, 1.54) is 0 Å². The lowest BCUT2D eigenvalue weighted by Crippen LogP contribution is -2.17. The molecule has 0 radical (unpaired) electrons. The van der Waals surface area contributed by atoms with Crippen LogP contribution in [0.3, 0.4) is 0 Å². The van der Waals surface area contributed by atoms with Gasteiger partial charge in [0.1, 0.15) is 0 Å². The first-order valence-electron chi connectivity index (χ1n) is 3.88. The van der Waals surface area contributed by atoms with E-state index in [2.05, 4.69) is 15.9 Å². The number of rotatable bonds is 2. The molecule has 0 aromatic heterocycles. The Hall–Kier alpha value is -0.700. The van der Waals surface area contributed by atoms with E-state index in [1.54, 1.807) is 0 Å². The molecule has 1 aliphatic heterocycles. The maximum atomic E-state index is 5.50. The highest BCUT2D eigenvalue weighted by molar-refractivity contribution is 9.09. The Kier molecular flexibility index (Phi) is 2.21. The van der Waals surface area contributed by atoms with Crippen molar-refractivity contribution in [2.45, 2.75) is 12.7 Å². The zero-order valence-corrected chi connectivity index (χ0v) is 8.08. The Bertz CT molecular complexity index is 250. The molecule has 0 fully saturated rings. The third kappa shape index (κ3) is 1.41. The fraction of sp³-hybridized carbons (Fsp3) is 0.333. The molecule has 0 N–H and O–H groups in total. The summed E-state index contributed by atoms with van der Waals surface area (Å²) in [4.78, 5) is 0. The van der Waals surface area contributed by atoms with E-state index in [-0.39, 0.29) is 6.29 Å². The van der Waals surface area contributed by atoms with E-state index in [0.717, 1.165) is 23.2 Å². The van der Waals surface area contributed by atoms with Gasteiger partial charge in [-0.1, -0.05) is 28.1 Å². The van der Waals surface area contributed by atoms with Crippen LogP contribution in [0.15, 0.2) is 24.3 Å². The van der Waals surface area contributed by atoms with Crippen molar-refractivity contribution in [1.82, 2.24) is 0 Å². The van der Waals surface area contributed by atoms with Crippen molar-refractivity contribution in [2.75, 3.05) is 5.33 Å². The molecule has 1 aliphatic rings. The second-order valence-corrected chi connectivity index (χ2v) is 3.38. The summed E-state index contributed by atoms with van der Waals surface area (Å²) >= 11 is 3.34. The number of fused-ring (bicyclic) bond motifs is 1.